The quantitative estimate of drug-likeness (QED) is 0.342. The molecule has 0 aliphatic carbocycles. The molecule has 1 aliphatic rings. The highest BCUT2D eigenvalue weighted by atomic mass is 16.5. The molecule has 2 heterocycles. The van der Waals surface area contributed by atoms with Crippen LogP contribution in [0.15, 0.2) is 78.6 Å². The van der Waals surface area contributed by atoms with Crippen molar-refractivity contribution in [2.45, 2.75) is 26.0 Å². The summed E-state index contributed by atoms with van der Waals surface area (Å²) >= 11 is 0. The number of benzene rings is 2. The van der Waals surface area contributed by atoms with Crippen molar-refractivity contribution in [2.24, 2.45) is 0 Å². The van der Waals surface area contributed by atoms with Crippen LogP contribution in [0.4, 0.5) is 5.69 Å². The van der Waals surface area contributed by atoms with Crippen molar-refractivity contribution < 1.29 is 24.2 Å². The molecule has 0 spiro atoms. The minimum Gasteiger partial charge on any atom is -0.507 e. The summed E-state index contributed by atoms with van der Waals surface area (Å²) in [5.41, 5.74) is 1.59. The lowest BCUT2D eigenvalue weighted by Gasteiger charge is -2.26. The first kappa shape index (κ1) is 22.1. The Labute approximate surface area is 191 Å². The lowest BCUT2D eigenvalue weighted by Crippen LogP contribution is -2.29. The summed E-state index contributed by atoms with van der Waals surface area (Å²) in [6.45, 7) is 3.85. The molecule has 0 bridgehead atoms. The minimum absolute atomic E-state index is 0.00439. The van der Waals surface area contributed by atoms with Crippen LogP contribution in [0.25, 0.3) is 5.76 Å². The zero-order chi connectivity index (χ0) is 23.5. The number of ketones is 1. The van der Waals surface area contributed by atoms with Crippen LogP contribution in [0.1, 0.15) is 31.0 Å². The maximum atomic E-state index is 13.2. The third kappa shape index (κ3) is 4.30. The van der Waals surface area contributed by atoms with Crippen molar-refractivity contribution in [1.29, 1.82) is 0 Å². The summed E-state index contributed by atoms with van der Waals surface area (Å²) in [5, 5.41) is 11.1. The van der Waals surface area contributed by atoms with Gasteiger partial charge in [0.05, 0.1) is 24.8 Å². The number of aliphatic hydroxyl groups excluding tert-OH is 1. The molecule has 7 heteroatoms. The summed E-state index contributed by atoms with van der Waals surface area (Å²) in [7, 11) is 1.56. The highest BCUT2D eigenvalue weighted by Crippen LogP contribution is 2.42. The van der Waals surface area contributed by atoms with E-state index in [9.17, 15) is 14.7 Å². The summed E-state index contributed by atoms with van der Waals surface area (Å²) in [4.78, 5) is 31.7. The summed E-state index contributed by atoms with van der Waals surface area (Å²) in [6.07, 6.45) is 3.03. The maximum Gasteiger partial charge on any atom is 0.300 e. The fourth-order valence-electron chi connectivity index (χ4n) is 3.82. The molecule has 1 amide bonds. The van der Waals surface area contributed by atoms with Gasteiger partial charge in [-0.25, -0.2) is 0 Å². The van der Waals surface area contributed by atoms with E-state index in [4.69, 9.17) is 9.47 Å². The molecule has 7 nitrogen and oxygen atoms in total. The first-order valence-electron chi connectivity index (χ1n) is 10.5. The number of ether oxygens (including phenoxy) is 2. The van der Waals surface area contributed by atoms with Gasteiger partial charge in [-0.15, -0.1) is 0 Å². The third-order valence-electron chi connectivity index (χ3n) is 5.32. The van der Waals surface area contributed by atoms with E-state index in [1.807, 2.05) is 13.8 Å². The maximum absolute atomic E-state index is 13.2. The number of amides is 1. The molecule has 33 heavy (non-hydrogen) atoms. The molecule has 3 aromatic rings. The Morgan fingerprint density at radius 1 is 0.939 bits per heavy atom. The van der Waals surface area contributed by atoms with Crippen molar-refractivity contribution in [1.82, 2.24) is 4.98 Å². The number of nitrogens with zero attached hydrogens (tertiary/aromatic N) is 2. The Morgan fingerprint density at radius 2 is 1.55 bits per heavy atom. The Balaban J connectivity index is 1.85. The predicted octanol–water partition coefficient (Wildman–Crippen LogP) is 4.50. The van der Waals surface area contributed by atoms with Crippen LogP contribution >= 0.6 is 0 Å². The highest BCUT2D eigenvalue weighted by molar-refractivity contribution is 6.51. The standard InChI is InChI=1S/C26H24N2O5/c1-16(2)33-21-10-6-19(7-11-21)28-23(17-4-8-20(32-3)9-5-17)22(25(30)26(28)31)24(29)18-12-14-27-15-13-18/h4-16,23,29H,1-3H3/b24-22-. The molecule has 0 saturated carbocycles. The smallest absolute Gasteiger partial charge is 0.300 e. The van der Waals surface area contributed by atoms with Crippen LogP contribution in [0, 0.1) is 0 Å². The van der Waals surface area contributed by atoms with Gasteiger partial charge in [-0.05, 0) is 67.9 Å². The number of carbonyl (C=O) groups excluding carboxylic acids is 2. The number of aliphatic hydroxyl groups is 1. The van der Waals surface area contributed by atoms with E-state index in [-0.39, 0.29) is 17.4 Å². The molecule has 1 aliphatic heterocycles. The third-order valence-corrected chi connectivity index (χ3v) is 5.32. The molecule has 1 unspecified atom stereocenters. The number of hydrogen-bond acceptors (Lipinski definition) is 6. The average molecular weight is 444 g/mol. The number of carbonyl (C=O) groups is 2. The van der Waals surface area contributed by atoms with Crippen LogP contribution in [0.2, 0.25) is 0 Å². The Bertz CT molecular complexity index is 1190. The Morgan fingerprint density at radius 3 is 2.12 bits per heavy atom. The van der Waals surface area contributed by atoms with E-state index in [1.54, 1.807) is 67.8 Å². The largest absolute Gasteiger partial charge is 0.507 e. The zero-order valence-electron chi connectivity index (χ0n) is 18.6. The second-order valence-corrected chi connectivity index (χ2v) is 7.84. The van der Waals surface area contributed by atoms with Gasteiger partial charge in [0, 0.05) is 23.6 Å². The zero-order valence-corrected chi connectivity index (χ0v) is 18.6. The number of hydrogen-bond donors (Lipinski definition) is 1. The molecule has 2 aromatic carbocycles. The normalized spacial score (nSPS) is 17.5. The van der Waals surface area contributed by atoms with Crippen molar-refractivity contribution in [3.05, 3.63) is 89.8 Å². The fourth-order valence-corrected chi connectivity index (χ4v) is 3.82. The summed E-state index contributed by atoms with van der Waals surface area (Å²) < 4.78 is 10.9. The van der Waals surface area contributed by atoms with Crippen LogP contribution in [-0.4, -0.2) is 35.0 Å². The molecular weight excluding hydrogens is 420 g/mol. The van der Waals surface area contributed by atoms with Crippen molar-refractivity contribution >= 4 is 23.1 Å². The van der Waals surface area contributed by atoms with Gasteiger partial charge in [-0.1, -0.05) is 12.1 Å². The van der Waals surface area contributed by atoms with Crippen LogP contribution in [0.5, 0.6) is 11.5 Å². The van der Waals surface area contributed by atoms with Crippen LogP contribution in [-0.2, 0) is 9.59 Å². The molecule has 1 fully saturated rings. The van der Waals surface area contributed by atoms with Gasteiger partial charge < -0.3 is 14.6 Å². The van der Waals surface area contributed by atoms with Gasteiger partial charge in [0.25, 0.3) is 11.7 Å². The number of aromatic nitrogens is 1. The Kier molecular flexibility index (Phi) is 6.13. The number of pyridine rings is 1. The van der Waals surface area contributed by atoms with Crippen molar-refractivity contribution in [2.75, 3.05) is 12.0 Å². The van der Waals surface area contributed by atoms with Gasteiger partial charge in [0.15, 0.2) is 0 Å². The van der Waals surface area contributed by atoms with E-state index in [1.165, 1.54) is 17.3 Å². The SMILES string of the molecule is COc1ccc(C2/C(=C(/O)c3ccncc3)C(=O)C(=O)N2c2ccc(OC(C)C)cc2)cc1. The molecule has 1 atom stereocenters. The highest BCUT2D eigenvalue weighted by Gasteiger charge is 2.47. The number of anilines is 1. The van der Waals surface area contributed by atoms with Gasteiger partial charge in [0.1, 0.15) is 17.3 Å². The fraction of sp³-hybridized carbons (Fsp3) is 0.192. The summed E-state index contributed by atoms with van der Waals surface area (Å²) in [5.74, 6) is -0.432. The topological polar surface area (TPSA) is 89.0 Å². The van der Waals surface area contributed by atoms with Gasteiger partial charge in [-0.2, -0.15) is 0 Å². The first-order valence-corrected chi connectivity index (χ1v) is 10.5. The number of rotatable bonds is 6. The van der Waals surface area contributed by atoms with Crippen molar-refractivity contribution in [3.63, 3.8) is 0 Å². The van der Waals surface area contributed by atoms with Gasteiger partial charge >= 0.3 is 0 Å². The second kappa shape index (κ2) is 9.16. The number of methoxy groups -OCH3 is 1. The lowest BCUT2D eigenvalue weighted by atomic mass is 9.95. The van der Waals surface area contributed by atoms with E-state index in [0.717, 1.165) is 0 Å². The molecule has 1 N–H and O–H groups in total. The van der Waals surface area contributed by atoms with E-state index >= 15 is 0 Å². The van der Waals surface area contributed by atoms with Gasteiger partial charge in [0.2, 0.25) is 0 Å². The molecule has 0 radical (unpaired) electrons. The van der Waals surface area contributed by atoms with Crippen molar-refractivity contribution in [3.8, 4) is 11.5 Å². The summed E-state index contributed by atoms with van der Waals surface area (Å²) in [6, 6.07) is 16.4. The predicted molar refractivity (Wildman–Crippen MR) is 124 cm³/mol. The van der Waals surface area contributed by atoms with Crippen LogP contribution < -0.4 is 14.4 Å². The van der Waals surface area contributed by atoms with E-state index < -0.39 is 17.7 Å². The average Bonchev–Trinajstić information content (AvgIpc) is 3.10. The van der Waals surface area contributed by atoms with Crippen LogP contribution in [0.3, 0.4) is 0 Å². The molecular formula is C26H24N2O5. The molecule has 168 valence electrons. The van der Waals surface area contributed by atoms with E-state index in [2.05, 4.69) is 4.98 Å². The second-order valence-electron chi connectivity index (χ2n) is 7.84. The molecule has 1 aromatic heterocycles. The first-order chi connectivity index (χ1) is 15.9. The Hall–Kier alpha value is -4.13. The number of Topliss-reactive ketones (excluding diaryl/α,β-unsaturated/α-hetero) is 1. The molecule has 4 rings (SSSR count). The minimum atomic E-state index is -0.819. The van der Waals surface area contributed by atoms with E-state index in [0.29, 0.717) is 28.3 Å². The molecule has 1 saturated heterocycles. The lowest BCUT2D eigenvalue weighted by molar-refractivity contribution is -0.132. The monoisotopic (exact) mass is 444 g/mol. The van der Waals surface area contributed by atoms with Gasteiger partial charge in [-0.3, -0.25) is 19.5 Å².